The molecule has 0 unspecified atom stereocenters. The van der Waals surface area contributed by atoms with Crippen LogP contribution in [0.4, 0.5) is 0 Å². The van der Waals surface area contributed by atoms with Gasteiger partial charge in [0, 0.05) is 11.1 Å². The van der Waals surface area contributed by atoms with Crippen LogP contribution < -0.4 is 0 Å². The maximum Gasteiger partial charge on any atom is 0.337 e. The van der Waals surface area contributed by atoms with Crippen LogP contribution >= 0.6 is 11.8 Å². The number of carbonyl (C=O) groups is 1. The summed E-state index contributed by atoms with van der Waals surface area (Å²) in [4.78, 5) is 20.8. The van der Waals surface area contributed by atoms with Gasteiger partial charge in [-0.3, -0.25) is 0 Å². The Hall–Kier alpha value is -2.93. The van der Waals surface area contributed by atoms with Crippen LogP contribution in [0.1, 0.15) is 21.7 Å². The molecule has 0 saturated heterocycles. The Kier molecular flexibility index (Phi) is 4.30. The van der Waals surface area contributed by atoms with Gasteiger partial charge in [0.2, 0.25) is 0 Å². The number of fused-ring (bicyclic) bond motifs is 3. The first-order valence-electron chi connectivity index (χ1n) is 8.08. The van der Waals surface area contributed by atoms with Crippen molar-refractivity contribution in [1.82, 2.24) is 19.6 Å². The highest BCUT2D eigenvalue weighted by atomic mass is 32.2. The first-order valence-corrected chi connectivity index (χ1v) is 9.06. The molecule has 0 aliphatic heterocycles. The molecule has 2 aromatic carbocycles. The SMILES string of the molecule is COC(=O)c1ccc(CSc2nc3ccccc3c3nc(C)nn23)cc1. The molecule has 0 atom stereocenters. The standard InChI is InChI=1S/C19H16N4O2S/c1-12-20-17-15-5-3-4-6-16(15)21-19(23(17)22-12)26-11-13-7-9-14(10-8-13)18(24)25-2/h3-10H,11H2,1-2H3. The number of aromatic nitrogens is 4. The largest absolute Gasteiger partial charge is 0.465 e. The maximum absolute atomic E-state index is 11.5. The predicted octanol–water partition coefficient (Wildman–Crippen LogP) is 3.66. The number of ether oxygens (including phenoxy) is 1. The second-order valence-corrected chi connectivity index (χ2v) is 6.73. The van der Waals surface area contributed by atoms with E-state index in [9.17, 15) is 4.79 Å². The summed E-state index contributed by atoms with van der Waals surface area (Å²) in [6.45, 7) is 1.88. The zero-order valence-corrected chi connectivity index (χ0v) is 15.2. The van der Waals surface area contributed by atoms with Crippen LogP contribution in [0.25, 0.3) is 16.6 Å². The van der Waals surface area contributed by atoms with Crippen molar-refractivity contribution in [1.29, 1.82) is 0 Å². The predicted molar refractivity (Wildman–Crippen MR) is 100 cm³/mol. The van der Waals surface area contributed by atoms with Gasteiger partial charge < -0.3 is 4.74 Å². The van der Waals surface area contributed by atoms with Gasteiger partial charge in [0.1, 0.15) is 5.82 Å². The molecule has 0 amide bonds. The van der Waals surface area contributed by atoms with Gasteiger partial charge in [-0.05, 0) is 36.8 Å². The number of benzene rings is 2. The second-order valence-electron chi connectivity index (χ2n) is 5.78. The molecule has 4 aromatic rings. The monoisotopic (exact) mass is 364 g/mol. The lowest BCUT2D eigenvalue weighted by molar-refractivity contribution is 0.0600. The molecule has 2 aromatic heterocycles. The minimum atomic E-state index is -0.333. The highest BCUT2D eigenvalue weighted by molar-refractivity contribution is 7.98. The van der Waals surface area contributed by atoms with E-state index in [-0.39, 0.29) is 5.97 Å². The minimum absolute atomic E-state index is 0.333. The molecule has 0 aliphatic carbocycles. The number of esters is 1. The number of hydrogen-bond donors (Lipinski definition) is 0. The van der Waals surface area contributed by atoms with Crippen molar-refractivity contribution in [2.45, 2.75) is 17.8 Å². The van der Waals surface area contributed by atoms with Crippen LogP contribution in [0, 0.1) is 6.92 Å². The van der Waals surface area contributed by atoms with Crippen LogP contribution in [0.15, 0.2) is 53.7 Å². The van der Waals surface area contributed by atoms with E-state index in [2.05, 4.69) is 10.1 Å². The Balaban J connectivity index is 1.65. The van der Waals surface area contributed by atoms with E-state index in [1.807, 2.05) is 43.3 Å². The van der Waals surface area contributed by atoms with Crippen molar-refractivity contribution in [2.24, 2.45) is 0 Å². The van der Waals surface area contributed by atoms with Gasteiger partial charge in [-0.2, -0.15) is 4.52 Å². The number of para-hydroxylation sites is 1. The number of hydrogen-bond acceptors (Lipinski definition) is 6. The normalized spacial score (nSPS) is 11.2. The number of thioether (sulfide) groups is 1. The molecule has 130 valence electrons. The molecule has 0 fully saturated rings. The van der Waals surface area contributed by atoms with Crippen molar-refractivity contribution >= 4 is 34.3 Å². The van der Waals surface area contributed by atoms with Crippen molar-refractivity contribution in [3.63, 3.8) is 0 Å². The van der Waals surface area contributed by atoms with Crippen molar-refractivity contribution in [3.05, 3.63) is 65.5 Å². The number of methoxy groups -OCH3 is 1. The third-order valence-corrected chi connectivity index (χ3v) is 5.00. The summed E-state index contributed by atoms with van der Waals surface area (Å²) in [7, 11) is 1.38. The lowest BCUT2D eigenvalue weighted by atomic mass is 10.1. The fraction of sp³-hybridized carbons (Fsp3) is 0.158. The van der Waals surface area contributed by atoms with Gasteiger partial charge in [0.15, 0.2) is 10.8 Å². The van der Waals surface area contributed by atoms with E-state index in [4.69, 9.17) is 9.72 Å². The molecular weight excluding hydrogens is 348 g/mol. The topological polar surface area (TPSA) is 69.4 Å². The van der Waals surface area contributed by atoms with E-state index in [1.165, 1.54) is 7.11 Å². The van der Waals surface area contributed by atoms with Crippen LogP contribution in [-0.4, -0.2) is 32.7 Å². The van der Waals surface area contributed by atoms with E-state index >= 15 is 0 Å². The Morgan fingerprint density at radius 2 is 1.88 bits per heavy atom. The number of nitrogens with zero attached hydrogens (tertiary/aromatic N) is 4. The molecule has 0 radical (unpaired) electrons. The highest BCUT2D eigenvalue weighted by Gasteiger charge is 2.12. The minimum Gasteiger partial charge on any atom is -0.465 e. The Morgan fingerprint density at radius 1 is 1.12 bits per heavy atom. The maximum atomic E-state index is 11.5. The summed E-state index contributed by atoms with van der Waals surface area (Å²) in [5, 5.41) is 6.26. The highest BCUT2D eigenvalue weighted by Crippen LogP contribution is 2.26. The summed E-state index contributed by atoms with van der Waals surface area (Å²) in [6, 6.07) is 15.3. The Morgan fingerprint density at radius 3 is 2.65 bits per heavy atom. The first kappa shape index (κ1) is 16.5. The quantitative estimate of drug-likeness (QED) is 0.313. The molecule has 7 heteroatoms. The van der Waals surface area contributed by atoms with Crippen LogP contribution in [0.3, 0.4) is 0 Å². The van der Waals surface area contributed by atoms with E-state index < -0.39 is 0 Å². The van der Waals surface area contributed by atoms with Gasteiger partial charge in [-0.15, -0.1) is 5.10 Å². The van der Waals surface area contributed by atoms with Crippen LogP contribution in [0.5, 0.6) is 0 Å². The van der Waals surface area contributed by atoms with Gasteiger partial charge in [0.05, 0.1) is 18.2 Å². The molecule has 26 heavy (non-hydrogen) atoms. The van der Waals surface area contributed by atoms with Crippen molar-refractivity contribution in [2.75, 3.05) is 7.11 Å². The third kappa shape index (κ3) is 3.01. The van der Waals surface area contributed by atoms with E-state index in [0.717, 1.165) is 27.3 Å². The summed E-state index contributed by atoms with van der Waals surface area (Å²) in [6.07, 6.45) is 0. The molecule has 0 N–H and O–H groups in total. The smallest absolute Gasteiger partial charge is 0.337 e. The molecule has 6 nitrogen and oxygen atoms in total. The zero-order valence-electron chi connectivity index (χ0n) is 14.3. The fourth-order valence-electron chi connectivity index (χ4n) is 2.73. The number of rotatable bonds is 4. The van der Waals surface area contributed by atoms with Gasteiger partial charge in [-0.1, -0.05) is 36.0 Å². The summed E-state index contributed by atoms with van der Waals surface area (Å²) in [5.74, 6) is 1.09. The third-order valence-electron chi connectivity index (χ3n) is 4.00. The van der Waals surface area contributed by atoms with Gasteiger partial charge in [0.25, 0.3) is 0 Å². The first-order chi connectivity index (χ1) is 12.7. The average Bonchev–Trinajstić information content (AvgIpc) is 3.08. The molecule has 2 heterocycles. The number of carbonyl (C=O) groups excluding carboxylic acids is 1. The Labute approximate surface area is 154 Å². The van der Waals surface area contributed by atoms with Gasteiger partial charge >= 0.3 is 5.97 Å². The molecule has 0 bridgehead atoms. The summed E-state index contributed by atoms with van der Waals surface area (Å²) in [5.41, 5.74) is 3.34. The summed E-state index contributed by atoms with van der Waals surface area (Å²) < 4.78 is 6.52. The van der Waals surface area contributed by atoms with Gasteiger partial charge in [-0.25, -0.2) is 14.8 Å². The molecular formula is C19H16N4O2S. The van der Waals surface area contributed by atoms with Crippen LogP contribution in [0.2, 0.25) is 0 Å². The second kappa shape index (κ2) is 6.76. The number of aryl methyl sites for hydroxylation is 1. The van der Waals surface area contributed by atoms with E-state index in [0.29, 0.717) is 17.1 Å². The zero-order chi connectivity index (χ0) is 18.1. The lowest BCUT2D eigenvalue weighted by Crippen LogP contribution is -2.01. The molecule has 0 spiro atoms. The molecule has 0 aliphatic rings. The average molecular weight is 364 g/mol. The molecule has 4 rings (SSSR count). The van der Waals surface area contributed by atoms with Crippen molar-refractivity contribution < 1.29 is 9.53 Å². The summed E-state index contributed by atoms with van der Waals surface area (Å²) >= 11 is 1.58. The van der Waals surface area contributed by atoms with Crippen molar-refractivity contribution in [3.8, 4) is 0 Å². The van der Waals surface area contributed by atoms with Crippen LogP contribution in [-0.2, 0) is 10.5 Å². The lowest BCUT2D eigenvalue weighted by Gasteiger charge is -2.07. The van der Waals surface area contributed by atoms with E-state index in [1.54, 1.807) is 28.4 Å². The fourth-order valence-corrected chi connectivity index (χ4v) is 3.63. The molecule has 0 saturated carbocycles. The Bertz CT molecular complexity index is 1110.